The number of carbonyl (C=O) groups is 4. The van der Waals surface area contributed by atoms with Crippen LogP contribution in [0.2, 0.25) is 5.02 Å². The van der Waals surface area contributed by atoms with E-state index in [0.29, 0.717) is 52.1 Å². The van der Waals surface area contributed by atoms with Gasteiger partial charge in [-0.15, -0.1) is 0 Å². The smallest absolute Gasteiger partial charge is 0.303 e. The first kappa shape index (κ1) is 25.9. The van der Waals surface area contributed by atoms with Gasteiger partial charge in [-0.3, -0.25) is 29.0 Å². The van der Waals surface area contributed by atoms with Gasteiger partial charge in [0.15, 0.2) is 0 Å². The molecule has 2 heterocycles. The average molecular weight is 544 g/mol. The number of unbranched alkanes of at least 4 members (excludes halogenated alkanes) is 2. The van der Waals surface area contributed by atoms with Crippen molar-refractivity contribution in [2.24, 2.45) is 0 Å². The second kappa shape index (κ2) is 11.2. The minimum Gasteiger partial charge on any atom is -0.481 e. The fourth-order valence-electron chi connectivity index (χ4n) is 4.03. The van der Waals surface area contributed by atoms with Gasteiger partial charge in [0.2, 0.25) is 5.91 Å². The summed E-state index contributed by atoms with van der Waals surface area (Å²) in [6.45, 7) is 0.110. The monoisotopic (exact) mass is 543 g/mol. The Labute approximate surface area is 222 Å². The molecule has 0 unspecified atom stereocenters. The van der Waals surface area contributed by atoms with Gasteiger partial charge in [-0.1, -0.05) is 66.3 Å². The van der Waals surface area contributed by atoms with Gasteiger partial charge < -0.3 is 10.4 Å². The first-order chi connectivity index (χ1) is 17.3. The van der Waals surface area contributed by atoms with Crippen LogP contribution >= 0.6 is 35.6 Å². The molecule has 4 rings (SSSR count). The average Bonchev–Trinajstić information content (AvgIpc) is 3.25. The van der Waals surface area contributed by atoms with Gasteiger partial charge in [0, 0.05) is 29.2 Å². The number of halogens is 1. The zero-order valence-electron chi connectivity index (χ0n) is 19.0. The van der Waals surface area contributed by atoms with E-state index >= 15 is 0 Å². The highest BCUT2D eigenvalue weighted by Gasteiger charge is 2.42. The molecule has 0 saturated carbocycles. The van der Waals surface area contributed by atoms with E-state index in [4.69, 9.17) is 28.9 Å². The van der Waals surface area contributed by atoms with Crippen LogP contribution in [0.3, 0.4) is 0 Å². The van der Waals surface area contributed by atoms with E-state index in [0.717, 1.165) is 11.8 Å². The van der Waals surface area contributed by atoms with Crippen LogP contribution in [-0.4, -0.2) is 51.1 Å². The summed E-state index contributed by atoms with van der Waals surface area (Å²) in [7, 11) is 0. The molecule has 11 heteroatoms. The van der Waals surface area contributed by atoms with E-state index in [2.05, 4.69) is 5.32 Å². The van der Waals surface area contributed by atoms with E-state index in [9.17, 15) is 19.2 Å². The van der Waals surface area contributed by atoms with Gasteiger partial charge in [-0.2, -0.15) is 0 Å². The number of hydrogen-bond acceptors (Lipinski definition) is 6. The van der Waals surface area contributed by atoms with Crippen LogP contribution in [0.5, 0.6) is 0 Å². The van der Waals surface area contributed by atoms with Gasteiger partial charge in [-0.05, 0) is 37.1 Å². The maximum absolute atomic E-state index is 13.5. The van der Waals surface area contributed by atoms with Crippen LogP contribution < -0.4 is 10.2 Å². The Bertz CT molecular complexity index is 1300. The second-order valence-electron chi connectivity index (χ2n) is 8.20. The summed E-state index contributed by atoms with van der Waals surface area (Å²) in [6.07, 6.45) is 1.84. The lowest BCUT2D eigenvalue weighted by Crippen LogP contribution is -2.35. The molecular formula is C25H22ClN3O5S2. The Morgan fingerprint density at radius 1 is 1.00 bits per heavy atom. The molecule has 186 valence electrons. The molecule has 2 aliphatic rings. The van der Waals surface area contributed by atoms with Gasteiger partial charge >= 0.3 is 5.97 Å². The number of carbonyl (C=O) groups excluding carboxylic acids is 3. The van der Waals surface area contributed by atoms with Crippen molar-refractivity contribution in [2.75, 3.05) is 23.3 Å². The molecular weight excluding hydrogens is 522 g/mol. The standard InChI is InChI=1S/C25H22ClN3O5S2/c26-15-7-6-8-16(13-15)27-19(30)14-29-18-10-4-3-9-17(18)21(23(29)33)22-24(34)28(25(35)36-22)12-5-1-2-11-20(31)32/h3-4,6-10,13H,1-2,5,11-12,14H2,(H,27,30)(H,31,32)/b22-21-. The third-order valence-electron chi connectivity index (χ3n) is 5.68. The molecule has 2 aliphatic heterocycles. The Morgan fingerprint density at radius 2 is 1.78 bits per heavy atom. The molecule has 36 heavy (non-hydrogen) atoms. The third-order valence-corrected chi connectivity index (χ3v) is 7.37. The number of anilines is 2. The minimum atomic E-state index is -0.852. The SMILES string of the molecule is O=C(O)CCCCCN1C(=O)/C(=C2/C(=O)N(CC(=O)Nc3cccc(Cl)c3)c3ccccc32)SC1=S. The van der Waals surface area contributed by atoms with Crippen LogP contribution in [0.25, 0.3) is 5.57 Å². The van der Waals surface area contributed by atoms with Crippen LogP contribution in [0.4, 0.5) is 11.4 Å². The zero-order valence-corrected chi connectivity index (χ0v) is 21.4. The number of aliphatic carboxylic acids is 1. The van der Waals surface area contributed by atoms with Crippen molar-refractivity contribution in [3.05, 3.63) is 64.0 Å². The number of para-hydroxylation sites is 1. The highest BCUT2D eigenvalue weighted by molar-refractivity contribution is 8.26. The number of carboxylic acid groups (broad SMARTS) is 1. The van der Waals surface area contributed by atoms with Gasteiger partial charge in [0.1, 0.15) is 10.9 Å². The molecule has 2 aromatic rings. The van der Waals surface area contributed by atoms with Crippen molar-refractivity contribution < 1.29 is 24.3 Å². The lowest BCUT2D eigenvalue weighted by Gasteiger charge is -2.17. The van der Waals surface area contributed by atoms with Crippen molar-refractivity contribution in [1.82, 2.24) is 4.90 Å². The maximum Gasteiger partial charge on any atom is 0.303 e. The predicted molar refractivity (Wildman–Crippen MR) is 144 cm³/mol. The van der Waals surface area contributed by atoms with E-state index in [1.165, 1.54) is 9.80 Å². The lowest BCUT2D eigenvalue weighted by atomic mass is 10.1. The molecule has 0 spiro atoms. The molecule has 1 saturated heterocycles. The fraction of sp³-hybridized carbons (Fsp3) is 0.240. The van der Waals surface area contributed by atoms with Crippen molar-refractivity contribution in [1.29, 1.82) is 0 Å². The summed E-state index contributed by atoms with van der Waals surface area (Å²) in [5, 5.41) is 12.0. The van der Waals surface area contributed by atoms with E-state index in [1.54, 1.807) is 48.5 Å². The van der Waals surface area contributed by atoms with Crippen LogP contribution in [0.15, 0.2) is 53.4 Å². The number of amides is 3. The van der Waals surface area contributed by atoms with E-state index in [-0.39, 0.29) is 29.4 Å². The Morgan fingerprint density at radius 3 is 2.53 bits per heavy atom. The summed E-state index contributed by atoms with van der Waals surface area (Å²) in [5.74, 6) is -2.06. The van der Waals surface area contributed by atoms with E-state index < -0.39 is 17.8 Å². The zero-order chi connectivity index (χ0) is 25.8. The highest BCUT2D eigenvalue weighted by Crippen LogP contribution is 2.44. The van der Waals surface area contributed by atoms with Crippen LogP contribution in [0.1, 0.15) is 31.2 Å². The molecule has 0 aliphatic carbocycles. The summed E-state index contributed by atoms with van der Waals surface area (Å²) >= 11 is 12.5. The molecule has 0 aromatic heterocycles. The lowest BCUT2D eigenvalue weighted by molar-refractivity contribution is -0.137. The number of nitrogens with zero attached hydrogens (tertiary/aromatic N) is 2. The van der Waals surface area contributed by atoms with Crippen LogP contribution in [-0.2, 0) is 19.2 Å². The summed E-state index contributed by atoms with van der Waals surface area (Å²) in [6, 6.07) is 13.7. The van der Waals surface area contributed by atoms with Gasteiger partial charge in [0.25, 0.3) is 11.8 Å². The minimum absolute atomic E-state index is 0.0778. The Balaban J connectivity index is 1.52. The quantitative estimate of drug-likeness (QED) is 0.271. The van der Waals surface area contributed by atoms with E-state index in [1.807, 2.05) is 0 Å². The predicted octanol–water partition coefficient (Wildman–Crippen LogP) is 4.54. The number of carboxylic acids is 1. The molecule has 0 atom stereocenters. The topological polar surface area (TPSA) is 107 Å². The molecule has 8 nitrogen and oxygen atoms in total. The number of thioether (sulfide) groups is 1. The van der Waals surface area contributed by atoms with Gasteiger partial charge in [0.05, 0.1) is 16.2 Å². The Hall–Kier alpha value is -3.21. The van der Waals surface area contributed by atoms with Crippen molar-refractivity contribution >= 4 is 80.5 Å². The summed E-state index contributed by atoms with van der Waals surface area (Å²) in [5.41, 5.74) is 1.85. The number of rotatable bonds is 9. The molecule has 2 aromatic carbocycles. The second-order valence-corrected chi connectivity index (χ2v) is 10.3. The van der Waals surface area contributed by atoms with Gasteiger partial charge in [-0.25, -0.2) is 0 Å². The number of hydrogen-bond donors (Lipinski definition) is 2. The van der Waals surface area contributed by atoms with Crippen molar-refractivity contribution in [3.63, 3.8) is 0 Å². The number of fused-ring (bicyclic) bond motifs is 1. The highest BCUT2D eigenvalue weighted by atomic mass is 35.5. The number of nitrogens with one attached hydrogen (secondary N) is 1. The van der Waals surface area contributed by atoms with Crippen LogP contribution in [0, 0.1) is 0 Å². The van der Waals surface area contributed by atoms with Crippen molar-refractivity contribution in [2.45, 2.75) is 25.7 Å². The first-order valence-corrected chi connectivity index (χ1v) is 12.8. The number of benzene rings is 2. The largest absolute Gasteiger partial charge is 0.481 e. The molecule has 0 radical (unpaired) electrons. The van der Waals surface area contributed by atoms with Crippen molar-refractivity contribution in [3.8, 4) is 0 Å². The Kier molecular flexibility index (Phi) is 8.07. The molecule has 0 bridgehead atoms. The summed E-state index contributed by atoms with van der Waals surface area (Å²) in [4.78, 5) is 53.2. The molecule has 3 amide bonds. The summed E-state index contributed by atoms with van der Waals surface area (Å²) < 4.78 is 0.350. The normalized spacial score (nSPS) is 17.1. The number of thiocarbonyl (C=S) groups is 1. The molecule has 1 fully saturated rings. The first-order valence-electron chi connectivity index (χ1n) is 11.2. The fourth-order valence-corrected chi connectivity index (χ4v) is 5.60. The molecule has 2 N–H and O–H groups in total. The maximum atomic E-state index is 13.5. The third kappa shape index (κ3) is 5.61.